The molecule has 2 N–H and O–H groups in total. The van der Waals surface area contributed by atoms with E-state index in [2.05, 4.69) is 20.8 Å². The van der Waals surface area contributed by atoms with Crippen molar-refractivity contribution in [2.24, 2.45) is 0 Å². The molecule has 3 rings (SSSR count). The fourth-order valence-corrected chi connectivity index (χ4v) is 2.08. The highest BCUT2D eigenvalue weighted by molar-refractivity contribution is 6.31. The van der Waals surface area contributed by atoms with Crippen LogP contribution in [0.2, 0.25) is 5.02 Å². The van der Waals surface area contributed by atoms with Crippen molar-refractivity contribution in [3.63, 3.8) is 0 Å². The molecule has 0 saturated heterocycles. The van der Waals surface area contributed by atoms with Gasteiger partial charge in [0.2, 0.25) is 0 Å². The third-order valence-corrected chi connectivity index (χ3v) is 3.28. The molecule has 2 aromatic carbocycles. The standard InChI is InChI=1S/C16H12ClFN4/c17-13-8-11(6-7-14(13)18)15-9-16(20-10-19-15)22-21-12-4-2-1-3-5-12/h1-10,21H,(H,19,20,22). The molecule has 0 spiro atoms. The Kier molecular flexibility index (Phi) is 4.16. The molecule has 1 aromatic heterocycles. The number of anilines is 2. The van der Waals surface area contributed by atoms with Gasteiger partial charge in [0.25, 0.3) is 0 Å². The highest BCUT2D eigenvalue weighted by Gasteiger charge is 2.05. The Morgan fingerprint density at radius 1 is 0.909 bits per heavy atom. The zero-order valence-electron chi connectivity index (χ0n) is 11.4. The van der Waals surface area contributed by atoms with Crippen LogP contribution in [0.15, 0.2) is 60.9 Å². The largest absolute Gasteiger partial charge is 0.300 e. The lowest BCUT2D eigenvalue weighted by atomic mass is 10.1. The number of nitrogens with one attached hydrogen (secondary N) is 2. The van der Waals surface area contributed by atoms with Crippen LogP contribution in [0.3, 0.4) is 0 Å². The minimum atomic E-state index is -0.455. The second-order valence-electron chi connectivity index (χ2n) is 4.53. The lowest BCUT2D eigenvalue weighted by Gasteiger charge is -2.09. The third-order valence-electron chi connectivity index (χ3n) is 2.99. The predicted molar refractivity (Wildman–Crippen MR) is 86.1 cm³/mol. The summed E-state index contributed by atoms with van der Waals surface area (Å²) in [6.07, 6.45) is 1.43. The first-order valence-electron chi connectivity index (χ1n) is 6.57. The van der Waals surface area contributed by atoms with Gasteiger partial charge in [-0.2, -0.15) is 0 Å². The number of halogens is 2. The molecule has 0 fully saturated rings. The topological polar surface area (TPSA) is 49.8 Å². The summed E-state index contributed by atoms with van der Waals surface area (Å²) >= 11 is 5.80. The van der Waals surface area contributed by atoms with E-state index in [9.17, 15) is 4.39 Å². The molecule has 6 heteroatoms. The number of para-hydroxylation sites is 1. The van der Waals surface area contributed by atoms with Crippen LogP contribution in [0.4, 0.5) is 15.9 Å². The Balaban J connectivity index is 1.79. The Bertz CT molecular complexity index is 780. The van der Waals surface area contributed by atoms with E-state index in [1.165, 1.54) is 18.5 Å². The fourth-order valence-electron chi connectivity index (χ4n) is 1.90. The quantitative estimate of drug-likeness (QED) is 0.702. The van der Waals surface area contributed by atoms with E-state index in [1.54, 1.807) is 12.1 Å². The van der Waals surface area contributed by atoms with Gasteiger partial charge in [-0.15, -0.1) is 0 Å². The van der Waals surface area contributed by atoms with Gasteiger partial charge >= 0.3 is 0 Å². The molecule has 4 nitrogen and oxygen atoms in total. The molecule has 0 saturated carbocycles. The number of hydrogen-bond acceptors (Lipinski definition) is 4. The van der Waals surface area contributed by atoms with E-state index >= 15 is 0 Å². The second-order valence-corrected chi connectivity index (χ2v) is 4.94. The predicted octanol–water partition coefficient (Wildman–Crippen LogP) is 4.38. The van der Waals surface area contributed by atoms with Crippen molar-refractivity contribution in [3.05, 3.63) is 71.8 Å². The van der Waals surface area contributed by atoms with Gasteiger partial charge in [-0.05, 0) is 30.3 Å². The zero-order chi connectivity index (χ0) is 15.4. The first kappa shape index (κ1) is 14.3. The maximum atomic E-state index is 13.2. The number of aromatic nitrogens is 2. The van der Waals surface area contributed by atoms with E-state index in [0.717, 1.165) is 11.3 Å². The Morgan fingerprint density at radius 2 is 1.73 bits per heavy atom. The monoisotopic (exact) mass is 314 g/mol. The Labute approximate surface area is 132 Å². The third kappa shape index (κ3) is 3.32. The van der Waals surface area contributed by atoms with Crippen molar-refractivity contribution in [1.82, 2.24) is 9.97 Å². The molecule has 0 amide bonds. The van der Waals surface area contributed by atoms with E-state index in [1.807, 2.05) is 30.3 Å². The van der Waals surface area contributed by atoms with E-state index < -0.39 is 5.82 Å². The normalized spacial score (nSPS) is 10.3. The first-order valence-corrected chi connectivity index (χ1v) is 6.95. The van der Waals surface area contributed by atoms with Crippen molar-refractivity contribution in [2.75, 3.05) is 10.9 Å². The average Bonchev–Trinajstić information content (AvgIpc) is 2.57. The SMILES string of the molecule is Fc1ccc(-c2cc(NNc3ccccc3)ncn2)cc1Cl. The lowest BCUT2D eigenvalue weighted by molar-refractivity contribution is 0.628. The molecule has 0 aliphatic heterocycles. The smallest absolute Gasteiger partial charge is 0.148 e. The van der Waals surface area contributed by atoms with Crippen molar-refractivity contribution >= 4 is 23.1 Å². The fraction of sp³-hybridized carbons (Fsp3) is 0. The molecule has 0 unspecified atom stereocenters. The van der Waals surface area contributed by atoms with Crippen molar-refractivity contribution in [3.8, 4) is 11.3 Å². The molecule has 110 valence electrons. The first-order chi connectivity index (χ1) is 10.7. The number of nitrogens with zero attached hydrogens (tertiary/aromatic N) is 2. The summed E-state index contributed by atoms with van der Waals surface area (Å²) in [6.45, 7) is 0. The number of benzene rings is 2. The number of rotatable bonds is 4. The van der Waals surface area contributed by atoms with E-state index in [0.29, 0.717) is 11.5 Å². The molecule has 0 radical (unpaired) electrons. The van der Waals surface area contributed by atoms with Crippen LogP contribution >= 0.6 is 11.6 Å². The van der Waals surface area contributed by atoms with Crippen LogP contribution in [0.5, 0.6) is 0 Å². The molecule has 3 aromatic rings. The summed E-state index contributed by atoms with van der Waals surface area (Å²) < 4.78 is 13.2. The molecule has 1 heterocycles. The highest BCUT2D eigenvalue weighted by Crippen LogP contribution is 2.24. The maximum Gasteiger partial charge on any atom is 0.148 e. The molecule has 0 aliphatic rings. The molecule has 0 atom stereocenters. The molecule has 0 bridgehead atoms. The van der Waals surface area contributed by atoms with Crippen LogP contribution in [-0.2, 0) is 0 Å². The van der Waals surface area contributed by atoms with Gasteiger partial charge in [0.05, 0.1) is 16.4 Å². The van der Waals surface area contributed by atoms with Gasteiger partial charge in [-0.25, -0.2) is 14.4 Å². The Hall–Kier alpha value is -2.66. The van der Waals surface area contributed by atoms with Crippen molar-refractivity contribution in [2.45, 2.75) is 0 Å². The van der Waals surface area contributed by atoms with Crippen LogP contribution in [0.1, 0.15) is 0 Å². The summed E-state index contributed by atoms with van der Waals surface area (Å²) in [5, 5.41) is 0.0630. The Morgan fingerprint density at radius 3 is 2.50 bits per heavy atom. The molecule has 0 aliphatic carbocycles. The molecular weight excluding hydrogens is 303 g/mol. The minimum Gasteiger partial charge on any atom is -0.300 e. The van der Waals surface area contributed by atoms with Crippen molar-refractivity contribution in [1.29, 1.82) is 0 Å². The van der Waals surface area contributed by atoms with Gasteiger partial charge in [0.1, 0.15) is 18.0 Å². The lowest BCUT2D eigenvalue weighted by Crippen LogP contribution is -2.10. The summed E-state index contributed by atoms with van der Waals surface area (Å²) in [7, 11) is 0. The van der Waals surface area contributed by atoms with Crippen LogP contribution < -0.4 is 10.9 Å². The number of hydrazine groups is 1. The van der Waals surface area contributed by atoms with Crippen LogP contribution in [-0.4, -0.2) is 9.97 Å². The van der Waals surface area contributed by atoms with Gasteiger partial charge in [0.15, 0.2) is 0 Å². The average molecular weight is 315 g/mol. The van der Waals surface area contributed by atoms with Gasteiger partial charge in [-0.3, -0.25) is 10.9 Å². The summed E-state index contributed by atoms with van der Waals surface area (Å²) in [4.78, 5) is 8.30. The maximum absolute atomic E-state index is 13.2. The van der Waals surface area contributed by atoms with Crippen LogP contribution in [0.25, 0.3) is 11.3 Å². The molecular formula is C16H12ClFN4. The van der Waals surface area contributed by atoms with Gasteiger partial charge in [0, 0.05) is 11.6 Å². The summed E-state index contributed by atoms with van der Waals surface area (Å²) in [5.41, 5.74) is 8.30. The van der Waals surface area contributed by atoms with Crippen molar-refractivity contribution < 1.29 is 4.39 Å². The van der Waals surface area contributed by atoms with Crippen LogP contribution in [0, 0.1) is 5.82 Å². The summed E-state index contributed by atoms with van der Waals surface area (Å²) in [6, 6.07) is 15.9. The van der Waals surface area contributed by atoms with E-state index in [-0.39, 0.29) is 5.02 Å². The highest BCUT2D eigenvalue weighted by atomic mass is 35.5. The van der Waals surface area contributed by atoms with Gasteiger partial charge < -0.3 is 0 Å². The van der Waals surface area contributed by atoms with E-state index in [4.69, 9.17) is 11.6 Å². The second kappa shape index (κ2) is 6.41. The number of hydrogen-bond donors (Lipinski definition) is 2. The van der Waals surface area contributed by atoms with Gasteiger partial charge in [-0.1, -0.05) is 29.8 Å². The minimum absolute atomic E-state index is 0.0630. The zero-order valence-corrected chi connectivity index (χ0v) is 12.2. The summed E-state index contributed by atoms with van der Waals surface area (Å²) in [5.74, 6) is 0.137. The molecule has 22 heavy (non-hydrogen) atoms.